The van der Waals surface area contributed by atoms with Gasteiger partial charge in [0.1, 0.15) is 0 Å². The normalized spacial score (nSPS) is 9.73. The number of carboxylic acids is 1. The quantitative estimate of drug-likeness (QED) is 0.662. The Morgan fingerprint density at radius 1 is 1.67 bits per heavy atom. The molecule has 0 bridgehead atoms. The number of aliphatic carboxylic acids is 1. The minimum atomic E-state index is -1.05. The molecule has 7 heteroatoms. The molecule has 0 aliphatic carbocycles. The van der Waals surface area contributed by atoms with Gasteiger partial charge in [0, 0.05) is 26.4 Å². The maximum absolute atomic E-state index is 10.2. The van der Waals surface area contributed by atoms with Crippen LogP contribution in [0.3, 0.4) is 0 Å². The van der Waals surface area contributed by atoms with Crippen molar-refractivity contribution in [2.45, 2.75) is 0 Å². The fraction of sp³-hybridized carbons (Fsp3) is 0.375. The topological polar surface area (TPSA) is 87.6 Å². The van der Waals surface area contributed by atoms with E-state index in [1.54, 1.807) is 31.3 Å². The molecule has 0 saturated heterocycles. The molecule has 0 aromatic carbocycles. The van der Waals surface area contributed by atoms with Crippen molar-refractivity contribution in [2.24, 2.45) is 0 Å². The third-order valence-corrected chi connectivity index (χ3v) is 1.42. The lowest BCUT2D eigenvalue weighted by Gasteiger charge is -2.10. The van der Waals surface area contributed by atoms with Crippen LogP contribution in [-0.4, -0.2) is 41.7 Å². The van der Waals surface area contributed by atoms with E-state index >= 15 is 0 Å². The van der Waals surface area contributed by atoms with E-state index in [9.17, 15) is 4.79 Å². The van der Waals surface area contributed by atoms with Gasteiger partial charge in [0.25, 0.3) is 0 Å². The summed E-state index contributed by atoms with van der Waals surface area (Å²) in [6.45, 7) is -0.429. The third-order valence-electron chi connectivity index (χ3n) is 1.42. The highest BCUT2D eigenvalue weighted by Gasteiger charge is 2.01. The molecule has 15 heavy (non-hydrogen) atoms. The monoisotopic (exact) mass is 212 g/mol. The second-order valence-electron chi connectivity index (χ2n) is 2.92. The third kappa shape index (κ3) is 3.77. The molecule has 0 fully saturated rings. The van der Waals surface area contributed by atoms with Crippen molar-refractivity contribution >= 4 is 17.7 Å². The van der Waals surface area contributed by atoms with Gasteiger partial charge in [-0.2, -0.15) is 4.98 Å². The summed E-state index contributed by atoms with van der Waals surface area (Å²) in [4.78, 5) is 24.6. The van der Waals surface area contributed by atoms with Crippen LogP contribution in [0, 0.1) is 0 Å². The van der Waals surface area contributed by atoms with Crippen molar-refractivity contribution in [2.75, 3.05) is 31.1 Å². The van der Waals surface area contributed by atoms with Gasteiger partial charge < -0.3 is 10.0 Å². The summed E-state index contributed by atoms with van der Waals surface area (Å²) in [7, 11) is 3.61. The van der Waals surface area contributed by atoms with Gasteiger partial charge in [0.05, 0.1) is 0 Å². The predicted molar refractivity (Wildman–Crippen MR) is 53.6 cm³/mol. The SMILES string of the molecule is CN(C)c1nccc(NOCC(=O)O)n1. The summed E-state index contributed by atoms with van der Waals surface area (Å²) >= 11 is 0. The van der Waals surface area contributed by atoms with Gasteiger partial charge >= 0.3 is 5.97 Å². The zero-order valence-electron chi connectivity index (χ0n) is 8.47. The Hall–Kier alpha value is -1.89. The number of carboxylic acid groups (broad SMARTS) is 1. The van der Waals surface area contributed by atoms with Crippen LogP contribution in [-0.2, 0) is 9.63 Å². The molecule has 2 N–H and O–H groups in total. The van der Waals surface area contributed by atoms with E-state index in [1.165, 1.54) is 0 Å². The molecule has 0 radical (unpaired) electrons. The predicted octanol–water partition coefficient (Wildman–Crippen LogP) is -0.0293. The molecule has 0 aliphatic heterocycles. The number of nitrogens with one attached hydrogen (secondary N) is 1. The highest BCUT2D eigenvalue weighted by atomic mass is 16.7. The second kappa shape index (κ2) is 5.11. The number of hydrogen-bond donors (Lipinski definition) is 2. The highest BCUT2D eigenvalue weighted by molar-refractivity contribution is 5.68. The maximum Gasteiger partial charge on any atom is 0.332 e. The van der Waals surface area contributed by atoms with Gasteiger partial charge in [-0.3, -0.25) is 4.84 Å². The van der Waals surface area contributed by atoms with E-state index in [2.05, 4.69) is 20.3 Å². The summed E-state index contributed by atoms with van der Waals surface area (Å²) < 4.78 is 0. The molecule has 0 spiro atoms. The van der Waals surface area contributed by atoms with E-state index in [4.69, 9.17) is 5.11 Å². The van der Waals surface area contributed by atoms with Gasteiger partial charge in [-0.05, 0) is 0 Å². The maximum atomic E-state index is 10.2. The lowest BCUT2D eigenvalue weighted by Crippen LogP contribution is -2.15. The van der Waals surface area contributed by atoms with Gasteiger partial charge in [-0.25, -0.2) is 15.3 Å². The number of anilines is 2. The standard InChI is InChI=1S/C8H12N4O3/c1-12(2)8-9-4-3-6(10-8)11-15-5-7(13)14/h3-4H,5H2,1-2H3,(H,13,14)(H,9,10,11). The van der Waals surface area contributed by atoms with Crippen LogP contribution in [0.1, 0.15) is 0 Å². The summed E-state index contributed by atoms with van der Waals surface area (Å²) in [5.74, 6) is -0.127. The summed E-state index contributed by atoms with van der Waals surface area (Å²) in [5, 5.41) is 8.33. The Morgan fingerprint density at radius 2 is 2.40 bits per heavy atom. The number of hydrogen-bond acceptors (Lipinski definition) is 6. The van der Waals surface area contributed by atoms with Crippen molar-refractivity contribution in [1.82, 2.24) is 9.97 Å². The first kappa shape index (κ1) is 11.2. The molecule has 0 amide bonds. The lowest BCUT2D eigenvalue weighted by atomic mass is 10.6. The number of aromatic nitrogens is 2. The summed E-state index contributed by atoms with van der Waals surface area (Å²) in [6, 6.07) is 1.58. The largest absolute Gasteiger partial charge is 0.479 e. The number of nitrogens with zero attached hydrogens (tertiary/aromatic N) is 3. The van der Waals surface area contributed by atoms with E-state index < -0.39 is 12.6 Å². The van der Waals surface area contributed by atoms with E-state index in [-0.39, 0.29) is 0 Å². The van der Waals surface area contributed by atoms with Crippen LogP contribution in [0.2, 0.25) is 0 Å². The Labute approximate surface area is 86.7 Å². The average Bonchev–Trinajstić information content (AvgIpc) is 2.17. The van der Waals surface area contributed by atoms with E-state index in [1.807, 2.05) is 0 Å². The molecule has 0 saturated carbocycles. The Balaban J connectivity index is 2.54. The molecule has 0 aliphatic rings. The molecule has 1 aromatic rings. The smallest absolute Gasteiger partial charge is 0.332 e. The lowest BCUT2D eigenvalue weighted by molar-refractivity contribution is -0.141. The van der Waals surface area contributed by atoms with Crippen LogP contribution in [0.25, 0.3) is 0 Å². The fourth-order valence-electron chi connectivity index (χ4n) is 0.792. The fourth-order valence-corrected chi connectivity index (χ4v) is 0.792. The molecule has 0 unspecified atom stereocenters. The van der Waals surface area contributed by atoms with Gasteiger partial charge in [0.2, 0.25) is 5.95 Å². The Bertz CT molecular complexity index is 342. The van der Waals surface area contributed by atoms with Gasteiger partial charge in [-0.1, -0.05) is 0 Å². The van der Waals surface area contributed by atoms with E-state index in [0.29, 0.717) is 11.8 Å². The van der Waals surface area contributed by atoms with Gasteiger partial charge in [-0.15, -0.1) is 0 Å². The van der Waals surface area contributed by atoms with Crippen LogP contribution in [0.4, 0.5) is 11.8 Å². The van der Waals surface area contributed by atoms with Crippen LogP contribution < -0.4 is 10.4 Å². The molecule has 0 atom stereocenters. The van der Waals surface area contributed by atoms with Crippen molar-refractivity contribution in [1.29, 1.82) is 0 Å². The van der Waals surface area contributed by atoms with Crippen LogP contribution in [0.15, 0.2) is 12.3 Å². The first-order chi connectivity index (χ1) is 7.09. The zero-order valence-corrected chi connectivity index (χ0v) is 8.47. The van der Waals surface area contributed by atoms with Crippen molar-refractivity contribution in [3.05, 3.63) is 12.3 Å². The molecule has 7 nitrogen and oxygen atoms in total. The second-order valence-corrected chi connectivity index (χ2v) is 2.92. The Morgan fingerprint density at radius 3 is 3.00 bits per heavy atom. The first-order valence-electron chi connectivity index (χ1n) is 4.19. The summed E-state index contributed by atoms with van der Waals surface area (Å²) in [6.07, 6.45) is 1.55. The van der Waals surface area contributed by atoms with Crippen molar-refractivity contribution in [3.8, 4) is 0 Å². The molecule has 1 rings (SSSR count). The minimum Gasteiger partial charge on any atom is -0.479 e. The molecular formula is C8H12N4O3. The van der Waals surface area contributed by atoms with Crippen molar-refractivity contribution in [3.63, 3.8) is 0 Å². The van der Waals surface area contributed by atoms with Crippen molar-refractivity contribution < 1.29 is 14.7 Å². The first-order valence-corrected chi connectivity index (χ1v) is 4.19. The summed E-state index contributed by atoms with van der Waals surface area (Å²) in [5.41, 5.74) is 2.41. The minimum absolute atomic E-state index is 0.412. The average molecular weight is 212 g/mol. The molecule has 82 valence electrons. The number of carbonyl (C=O) groups is 1. The zero-order chi connectivity index (χ0) is 11.3. The molecule has 1 aromatic heterocycles. The van der Waals surface area contributed by atoms with Gasteiger partial charge in [0.15, 0.2) is 12.4 Å². The molecular weight excluding hydrogens is 200 g/mol. The number of rotatable bonds is 5. The van der Waals surface area contributed by atoms with Crippen LogP contribution >= 0.6 is 0 Å². The molecule has 1 heterocycles. The van der Waals surface area contributed by atoms with E-state index in [0.717, 1.165) is 0 Å². The highest BCUT2D eigenvalue weighted by Crippen LogP contribution is 2.07. The Kier molecular flexibility index (Phi) is 3.81. The van der Waals surface area contributed by atoms with Crippen LogP contribution in [0.5, 0.6) is 0 Å².